The summed E-state index contributed by atoms with van der Waals surface area (Å²) in [6.45, 7) is 13.3. The van der Waals surface area contributed by atoms with E-state index in [9.17, 15) is 22.0 Å². The largest absolute Gasteiger partial charge is 0.444 e. The number of halogens is 2. The van der Waals surface area contributed by atoms with Crippen LogP contribution in [-0.4, -0.2) is 58.8 Å². The van der Waals surface area contributed by atoms with Gasteiger partial charge in [-0.2, -0.15) is 9.19 Å². The van der Waals surface area contributed by atoms with Gasteiger partial charge in [0.05, 0.1) is 31.0 Å². The molecule has 3 atom stereocenters. The Balaban J connectivity index is 1.63. The van der Waals surface area contributed by atoms with Crippen LogP contribution in [-0.2, 0) is 32.6 Å². The average molecular weight is 524 g/mol. The molecule has 1 amide bonds. The van der Waals surface area contributed by atoms with Crippen LogP contribution in [0, 0.1) is 18.2 Å². The molecule has 1 N–H and O–H groups in total. The first-order valence-corrected chi connectivity index (χ1v) is 13.0. The Morgan fingerprint density at radius 3 is 2.67 bits per heavy atom. The Hall–Kier alpha value is -3.08. The number of benzene rings is 1. The summed E-state index contributed by atoms with van der Waals surface area (Å²) in [6.07, 6.45) is 0.622. The average Bonchev–Trinajstić information content (AvgIpc) is 3.34. The molecule has 1 aromatic heterocycles. The van der Waals surface area contributed by atoms with Crippen molar-refractivity contribution in [3.63, 3.8) is 0 Å². The zero-order valence-electron chi connectivity index (χ0n) is 20.3. The molecule has 13 heteroatoms. The van der Waals surface area contributed by atoms with Crippen molar-refractivity contribution < 1.29 is 31.5 Å². The highest BCUT2D eigenvalue weighted by Crippen LogP contribution is 2.41. The molecule has 1 aromatic carbocycles. The molecular weight excluding hydrogens is 496 g/mol. The Bertz CT molecular complexity index is 1310. The number of carbonyl (C=O) groups is 1. The number of fused-ring (bicyclic) bond motifs is 1. The first-order valence-electron chi connectivity index (χ1n) is 11.2. The van der Waals surface area contributed by atoms with Crippen LogP contribution in [0.3, 0.4) is 0 Å². The summed E-state index contributed by atoms with van der Waals surface area (Å²) in [5.74, 6) is -1.37. The topological polar surface area (TPSA) is 107 Å². The summed E-state index contributed by atoms with van der Waals surface area (Å²) in [7, 11) is -3.55. The Morgan fingerprint density at radius 1 is 1.33 bits per heavy atom. The molecule has 1 unspecified atom stereocenters. The van der Waals surface area contributed by atoms with Gasteiger partial charge in [0, 0.05) is 23.9 Å². The molecule has 1 fully saturated rings. The van der Waals surface area contributed by atoms with Gasteiger partial charge in [-0.1, -0.05) is 0 Å². The van der Waals surface area contributed by atoms with Crippen LogP contribution in [0.25, 0.3) is 4.85 Å². The van der Waals surface area contributed by atoms with Crippen LogP contribution < -0.4 is 5.32 Å². The minimum atomic E-state index is -3.55. The van der Waals surface area contributed by atoms with Crippen molar-refractivity contribution in [2.24, 2.45) is 0 Å². The maximum atomic E-state index is 14.7. The zero-order valence-corrected chi connectivity index (χ0v) is 21.1. The van der Waals surface area contributed by atoms with Crippen molar-refractivity contribution in [2.75, 3.05) is 12.9 Å². The fourth-order valence-electron chi connectivity index (χ4n) is 4.44. The number of aromatic nitrogens is 2. The maximum Gasteiger partial charge on any atom is 0.407 e. The van der Waals surface area contributed by atoms with Gasteiger partial charge < -0.3 is 14.8 Å². The quantitative estimate of drug-likeness (QED) is 0.614. The molecule has 2 aromatic rings. The molecule has 0 bridgehead atoms. The summed E-state index contributed by atoms with van der Waals surface area (Å²) in [5, 5.41) is 6.81. The summed E-state index contributed by atoms with van der Waals surface area (Å²) >= 11 is 0. The van der Waals surface area contributed by atoms with Crippen LogP contribution in [0.5, 0.6) is 0 Å². The van der Waals surface area contributed by atoms with E-state index in [0.29, 0.717) is 11.3 Å². The molecule has 2 aliphatic rings. The highest BCUT2D eigenvalue weighted by atomic mass is 32.2. The molecule has 0 saturated carbocycles. The minimum absolute atomic E-state index is 0.0205. The standard InChI is InChI=1S/C23H27F2N5O5S/c1-22(2,3)35-21(31)27-18-9-23(26-4,13-34-20(18)16-8-15(24)6-7-17(16)25)29-10-14-11-30(36(5,32)33)28-19(14)12-29/h6-8,11,18,20H,9-10,12-13H2,1-3,5H3,(H,27,31)/t18-,20+,23?/m0/s1. The molecule has 1 saturated heterocycles. The van der Waals surface area contributed by atoms with Gasteiger partial charge in [-0.3, -0.25) is 4.85 Å². The number of nitrogens with zero attached hydrogens (tertiary/aromatic N) is 4. The van der Waals surface area contributed by atoms with Crippen LogP contribution >= 0.6 is 0 Å². The number of ether oxygens (including phenoxy) is 2. The van der Waals surface area contributed by atoms with Gasteiger partial charge in [-0.05, 0) is 39.0 Å². The normalized spacial score (nSPS) is 24.7. The Labute approximate surface area is 208 Å². The third-order valence-electron chi connectivity index (χ3n) is 6.07. The second kappa shape index (κ2) is 9.10. The van der Waals surface area contributed by atoms with E-state index in [1.165, 1.54) is 6.20 Å². The molecule has 0 spiro atoms. The predicted octanol–water partition coefficient (Wildman–Crippen LogP) is 2.96. The van der Waals surface area contributed by atoms with Crippen molar-refractivity contribution in [2.45, 2.75) is 63.7 Å². The fourth-order valence-corrected chi connectivity index (χ4v) is 5.01. The van der Waals surface area contributed by atoms with Crippen molar-refractivity contribution in [1.82, 2.24) is 19.4 Å². The van der Waals surface area contributed by atoms with E-state index in [1.54, 1.807) is 25.7 Å². The summed E-state index contributed by atoms with van der Waals surface area (Å²) < 4.78 is 64.5. The van der Waals surface area contributed by atoms with Crippen molar-refractivity contribution >= 4 is 16.1 Å². The predicted molar refractivity (Wildman–Crippen MR) is 124 cm³/mol. The molecule has 3 heterocycles. The van der Waals surface area contributed by atoms with Crippen molar-refractivity contribution in [1.29, 1.82) is 0 Å². The van der Waals surface area contributed by atoms with Gasteiger partial charge in [-0.15, -0.1) is 0 Å². The first-order chi connectivity index (χ1) is 16.7. The number of alkyl carbamates (subject to hydrolysis) is 1. The van der Waals surface area contributed by atoms with E-state index in [4.69, 9.17) is 16.0 Å². The van der Waals surface area contributed by atoms with E-state index in [0.717, 1.165) is 28.5 Å². The van der Waals surface area contributed by atoms with Crippen LogP contribution in [0.2, 0.25) is 0 Å². The first kappa shape index (κ1) is 26.0. The molecule has 194 valence electrons. The monoisotopic (exact) mass is 523 g/mol. The third-order valence-corrected chi connectivity index (χ3v) is 6.93. The molecule has 0 aliphatic carbocycles. The highest BCUT2D eigenvalue weighted by Gasteiger charge is 2.54. The molecule has 0 radical (unpaired) electrons. The summed E-state index contributed by atoms with van der Waals surface area (Å²) in [5.41, 5.74) is -0.997. The summed E-state index contributed by atoms with van der Waals surface area (Å²) in [4.78, 5) is 18.2. The van der Waals surface area contributed by atoms with Gasteiger partial charge in [0.1, 0.15) is 29.9 Å². The second-order valence-corrected chi connectivity index (χ2v) is 11.9. The maximum absolute atomic E-state index is 14.7. The lowest BCUT2D eigenvalue weighted by Gasteiger charge is -2.41. The van der Waals surface area contributed by atoms with Crippen LogP contribution in [0.15, 0.2) is 24.4 Å². The van der Waals surface area contributed by atoms with Gasteiger partial charge in [0.25, 0.3) is 10.0 Å². The number of hydrogen-bond acceptors (Lipinski definition) is 7. The van der Waals surface area contributed by atoms with Crippen LogP contribution in [0.1, 0.15) is 50.1 Å². The lowest BCUT2D eigenvalue weighted by atomic mass is 9.89. The van der Waals surface area contributed by atoms with E-state index in [-0.39, 0.29) is 31.7 Å². The molecule has 2 aliphatic heterocycles. The number of nitrogens with one attached hydrogen (secondary N) is 1. The van der Waals surface area contributed by atoms with Gasteiger partial charge >= 0.3 is 11.8 Å². The second-order valence-electron chi connectivity index (χ2n) is 10.0. The Morgan fingerprint density at radius 2 is 2.06 bits per heavy atom. The molecular formula is C23H27F2N5O5S. The SMILES string of the molecule is [C-]#[N+]C1(N2Cc3cn(S(C)(=O)=O)nc3C2)CO[C@H](c2cc(F)ccc2F)[C@@H](NC(=O)OC(C)(C)C)C1. The lowest BCUT2D eigenvalue weighted by Crippen LogP contribution is -2.58. The smallest absolute Gasteiger partial charge is 0.407 e. The van der Waals surface area contributed by atoms with Gasteiger partial charge in [-0.25, -0.2) is 33.5 Å². The summed E-state index contributed by atoms with van der Waals surface area (Å²) in [6, 6.07) is 2.05. The van der Waals surface area contributed by atoms with E-state index < -0.39 is 51.2 Å². The zero-order chi connectivity index (χ0) is 26.5. The van der Waals surface area contributed by atoms with Crippen molar-refractivity contribution in [3.8, 4) is 0 Å². The fraction of sp³-hybridized carbons (Fsp3) is 0.522. The molecule has 10 nitrogen and oxygen atoms in total. The minimum Gasteiger partial charge on any atom is -0.444 e. The lowest BCUT2D eigenvalue weighted by molar-refractivity contribution is -0.0930. The number of rotatable bonds is 4. The van der Waals surface area contributed by atoms with Crippen molar-refractivity contribution in [3.05, 3.63) is 64.3 Å². The molecule has 36 heavy (non-hydrogen) atoms. The van der Waals surface area contributed by atoms with Gasteiger partial charge in [0.15, 0.2) is 0 Å². The highest BCUT2D eigenvalue weighted by molar-refractivity contribution is 7.89. The van der Waals surface area contributed by atoms with E-state index in [1.807, 2.05) is 0 Å². The number of carbonyl (C=O) groups excluding carboxylic acids is 1. The Kier molecular flexibility index (Phi) is 6.57. The molecule has 4 rings (SSSR count). The van der Waals surface area contributed by atoms with E-state index in [2.05, 4.69) is 15.3 Å². The van der Waals surface area contributed by atoms with Crippen LogP contribution in [0.4, 0.5) is 13.6 Å². The number of hydrogen-bond donors (Lipinski definition) is 1. The van der Waals surface area contributed by atoms with Gasteiger partial charge in [0.2, 0.25) is 0 Å². The van der Waals surface area contributed by atoms with E-state index >= 15 is 0 Å². The third kappa shape index (κ3) is 5.21. The number of amides is 1.